The molecule has 1 rings (SSSR count). The van der Waals surface area contributed by atoms with Gasteiger partial charge < -0.3 is 0 Å². The number of carbonyl (C=O) groups excluding carboxylic acids is 1. The summed E-state index contributed by atoms with van der Waals surface area (Å²) in [7, 11) is -0.0856. The molecule has 0 aliphatic rings. The van der Waals surface area contributed by atoms with Gasteiger partial charge in [0.15, 0.2) is 5.38 Å². The van der Waals surface area contributed by atoms with Crippen molar-refractivity contribution in [1.82, 2.24) is 0 Å². The molecule has 0 bridgehead atoms. The minimum absolute atomic E-state index is 0.0856. The molecule has 0 fully saturated rings. The summed E-state index contributed by atoms with van der Waals surface area (Å²) in [5, 5.41) is 1.95. The van der Waals surface area contributed by atoms with Crippen LogP contribution in [-0.2, 0) is 0 Å². The van der Waals surface area contributed by atoms with Crippen LogP contribution >= 0.6 is 23.7 Å². The maximum absolute atomic E-state index is 10.1. The van der Waals surface area contributed by atoms with Gasteiger partial charge in [-0.1, -0.05) is 0 Å². The first-order valence-electron chi connectivity index (χ1n) is 2.07. The van der Waals surface area contributed by atoms with Crippen LogP contribution < -0.4 is 0 Å². The molecule has 0 aliphatic carbocycles. The van der Waals surface area contributed by atoms with E-state index >= 15 is 0 Å². The third-order valence-corrected chi connectivity index (χ3v) is 3.65. The van der Waals surface area contributed by atoms with E-state index in [2.05, 4.69) is 14.8 Å². The molecule has 1 atom stereocenters. The topological polar surface area (TPSA) is 17.1 Å². The summed E-state index contributed by atoms with van der Waals surface area (Å²) in [6, 6.07) is 3.69. The average Bonchev–Trinajstić information content (AvgIpc) is 2.14. The Balaban J connectivity index is 3.09. The van der Waals surface area contributed by atoms with Gasteiger partial charge in [0.1, 0.15) is 0 Å². The molecule has 0 radical (unpaired) electrons. The summed E-state index contributed by atoms with van der Waals surface area (Å²) in [6.45, 7) is 0. The van der Waals surface area contributed by atoms with Crippen molar-refractivity contribution in [3.05, 3.63) is 22.4 Å². The number of aldehydes is 1. The van der Waals surface area contributed by atoms with Crippen molar-refractivity contribution < 1.29 is 4.79 Å². The van der Waals surface area contributed by atoms with Crippen molar-refractivity contribution in [3.8, 4) is 0 Å². The zero-order chi connectivity index (χ0) is 5.98. The van der Waals surface area contributed by atoms with Crippen LogP contribution in [0.3, 0.4) is 0 Å². The highest BCUT2D eigenvalue weighted by atomic mass is 79.9. The number of halogens is 1. The van der Waals surface area contributed by atoms with E-state index in [1.807, 2.05) is 17.5 Å². The third-order valence-electron chi connectivity index (χ3n) is 0.800. The summed E-state index contributed by atoms with van der Waals surface area (Å²) in [4.78, 5) is 10.9. The highest BCUT2D eigenvalue weighted by Gasteiger charge is 2.06. The van der Waals surface area contributed by atoms with Gasteiger partial charge in [-0.05, 0) is 6.07 Å². The van der Waals surface area contributed by atoms with Gasteiger partial charge in [0.05, 0.1) is 8.90 Å². The van der Waals surface area contributed by atoms with Crippen LogP contribution in [0.2, 0.25) is 0 Å². The van der Waals surface area contributed by atoms with Crippen LogP contribution in [0.25, 0.3) is 0 Å². The molecule has 1 unspecified atom stereocenters. The van der Waals surface area contributed by atoms with Crippen LogP contribution in [0.15, 0.2) is 17.5 Å². The molecule has 0 saturated heterocycles. The van der Waals surface area contributed by atoms with Crippen molar-refractivity contribution >= 4 is 30.0 Å². The number of rotatable bonds is 1. The Morgan fingerprint density at radius 3 is 2.75 bits per heavy atom. The molecule has 42 valence electrons. The number of hydrogen-bond donors (Lipinski definition) is 0. The quantitative estimate of drug-likeness (QED) is 0.493. The Morgan fingerprint density at radius 1 is 1.75 bits per heavy atom. The molecule has 0 saturated carbocycles. The van der Waals surface area contributed by atoms with Crippen LogP contribution in [-0.4, -0.2) is 6.29 Å². The third kappa shape index (κ3) is 0.980. The Morgan fingerprint density at radius 2 is 2.50 bits per heavy atom. The van der Waals surface area contributed by atoms with Crippen molar-refractivity contribution in [1.29, 1.82) is 0 Å². The molecule has 0 spiro atoms. The number of hydrogen-bond acceptors (Lipinski definition) is 1. The van der Waals surface area contributed by atoms with Gasteiger partial charge in [-0.2, -0.15) is 0 Å². The fourth-order valence-corrected chi connectivity index (χ4v) is 2.03. The second kappa shape index (κ2) is 2.42. The van der Waals surface area contributed by atoms with E-state index in [-0.39, 0.29) is 8.90 Å². The normalized spacial score (nSPS) is 11.4. The minimum Gasteiger partial charge on any atom is -0.292 e. The summed E-state index contributed by atoms with van der Waals surface area (Å²) in [5.41, 5.74) is 0. The zero-order valence-electron chi connectivity index (χ0n) is 4.00. The van der Waals surface area contributed by atoms with E-state index in [4.69, 9.17) is 0 Å². The Hall–Kier alpha value is -0.150. The molecule has 1 heterocycles. The van der Waals surface area contributed by atoms with E-state index < -0.39 is 0 Å². The summed E-state index contributed by atoms with van der Waals surface area (Å²) in [6.07, 6.45) is 0.873. The smallest absolute Gasteiger partial charge is 0.268 e. The lowest BCUT2D eigenvalue weighted by Crippen LogP contribution is -1.64. The van der Waals surface area contributed by atoms with E-state index in [0.717, 1.165) is 11.2 Å². The second-order valence-electron chi connectivity index (χ2n) is 1.30. The van der Waals surface area contributed by atoms with E-state index in [1.165, 1.54) is 0 Å². The summed E-state index contributed by atoms with van der Waals surface area (Å²) in [5.74, 6) is 0. The standard InChI is InChI=1S/C5H4BrOS/c6-8-3-1-2-5(8)4-7/h1-4H/q+1. The van der Waals surface area contributed by atoms with Crippen LogP contribution in [0.5, 0.6) is 0 Å². The van der Waals surface area contributed by atoms with Gasteiger partial charge in [0, 0.05) is 6.07 Å². The largest absolute Gasteiger partial charge is 0.292 e. The molecule has 8 heavy (non-hydrogen) atoms. The van der Waals surface area contributed by atoms with E-state index in [1.54, 1.807) is 0 Å². The van der Waals surface area contributed by atoms with Crippen molar-refractivity contribution in [3.63, 3.8) is 0 Å². The Labute approximate surface area is 57.5 Å². The van der Waals surface area contributed by atoms with Gasteiger partial charge >= 0.3 is 0 Å². The molecule has 0 N–H and O–H groups in total. The summed E-state index contributed by atoms with van der Waals surface area (Å²) >= 11 is 3.31. The average molecular weight is 192 g/mol. The molecular weight excluding hydrogens is 188 g/mol. The Kier molecular flexibility index (Phi) is 1.81. The first-order valence-corrected chi connectivity index (χ1v) is 5.20. The van der Waals surface area contributed by atoms with Crippen molar-refractivity contribution in [2.45, 2.75) is 0 Å². The predicted octanol–water partition coefficient (Wildman–Crippen LogP) is 2.41. The highest BCUT2D eigenvalue weighted by molar-refractivity contribution is 9.34. The lowest BCUT2D eigenvalue weighted by atomic mass is 10.5. The maximum Gasteiger partial charge on any atom is 0.268 e. The first kappa shape index (κ1) is 5.98. The molecule has 1 aromatic heterocycles. The lowest BCUT2D eigenvalue weighted by molar-refractivity contribution is 0.112. The Bertz CT molecular complexity index is 194. The fraction of sp³-hybridized carbons (Fsp3) is 0. The zero-order valence-corrected chi connectivity index (χ0v) is 6.41. The van der Waals surface area contributed by atoms with Gasteiger partial charge in [0.2, 0.25) is 11.2 Å². The van der Waals surface area contributed by atoms with Crippen LogP contribution in [0.4, 0.5) is 0 Å². The van der Waals surface area contributed by atoms with E-state index in [9.17, 15) is 4.79 Å². The van der Waals surface area contributed by atoms with Crippen molar-refractivity contribution in [2.24, 2.45) is 0 Å². The van der Waals surface area contributed by atoms with Gasteiger partial charge in [0.25, 0.3) is 14.8 Å². The molecule has 1 nitrogen and oxygen atoms in total. The van der Waals surface area contributed by atoms with Gasteiger partial charge in [-0.3, -0.25) is 4.79 Å². The monoisotopic (exact) mass is 191 g/mol. The fourth-order valence-electron chi connectivity index (χ4n) is 0.432. The predicted molar refractivity (Wildman–Crippen MR) is 38.6 cm³/mol. The molecular formula is C5H4BrOS+. The second-order valence-corrected chi connectivity index (χ2v) is 4.70. The molecule has 1 aromatic rings. The number of thiophene rings is 1. The first-order chi connectivity index (χ1) is 3.84. The van der Waals surface area contributed by atoms with E-state index in [0.29, 0.717) is 0 Å². The van der Waals surface area contributed by atoms with Crippen molar-refractivity contribution in [2.75, 3.05) is 0 Å². The molecule has 0 amide bonds. The minimum atomic E-state index is -0.0856. The summed E-state index contributed by atoms with van der Waals surface area (Å²) < 4.78 is 0. The highest BCUT2D eigenvalue weighted by Crippen LogP contribution is 2.29. The lowest BCUT2D eigenvalue weighted by Gasteiger charge is -1.65. The molecule has 0 aromatic carbocycles. The number of carbonyl (C=O) groups is 1. The van der Waals surface area contributed by atoms with Gasteiger partial charge in [-0.25, -0.2) is 0 Å². The van der Waals surface area contributed by atoms with Gasteiger partial charge in [-0.15, -0.1) is 0 Å². The maximum atomic E-state index is 10.1. The molecule has 3 heteroatoms. The van der Waals surface area contributed by atoms with Crippen LogP contribution in [0, 0.1) is 0 Å². The SMILES string of the molecule is O=Cc1ccc[s+]1Br. The molecule has 0 aliphatic heterocycles. The van der Waals surface area contributed by atoms with Crippen LogP contribution in [0.1, 0.15) is 9.67 Å².